The number of aromatic hydroxyl groups is 1. The van der Waals surface area contributed by atoms with E-state index in [1.54, 1.807) is 42.5 Å². The maximum atomic E-state index is 13.8. The van der Waals surface area contributed by atoms with Crippen LogP contribution in [-0.2, 0) is 4.57 Å². The number of pyridine rings is 1. The Kier molecular flexibility index (Phi) is 13.5. The van der Waals surface area contributed by atoms with Crippen LogP contribution in [0.15, 0.2) is 205 Å². The third kappa shape index (κ3) is 8.71. The fourth-order valence-corrected chi connectivity index (χ4v) is 9.31. The standard InChI is InChI=1S/C29H19F3N2O3.C18H15OP.Eu/c30-29(31,32)27(36)25-26(35)23-17-16-22(18-24(23)34(28(25)37)21-14-8-3-9-15-21)33(19-10-4-1-5-11-19)20-12-6-2-7-13-20;19-20(16-10-4-1-5-11-16,17-12-6-2-7-13-17)18-14-8-3-9-15-18;/h1-18,35H;1-15H;. The average Bonchev–Trinajstić information content (AvgIpc) is 3.25. The van der Waals surface area contributed by atoms with E-state index in [4.69, 9.17) is 0 Å². The SMILES string of the molecule is O=C(c1c(O)c2ccc(N(c3ccccc3)c3ccccc3)cc2n(-c2ccccc2)c1=O)C(F)(F)F.O=P(c1ccccc1)(c1ccccc1)c1ccccc1.[Eu]. The van der Waals surface area contributed by atoms with Crippen molar-refractivity contribution in [2.75, 3.05) is 4.90 Å². The zero-order chi connectivity index (χ0) is 40.0. The fraction of sp³-hybridized carbons (Fsp3) is 0.0213. The Hall–Kier alpha value is -5.38. The van der Waals surface area contributed by atoms with Crippen LogP contribution >= 0.6 is 7.14 Å². The average molecular weight is 931 g/mol. The number of carbonyl (C=O) groups is 1. The molecule has 1 heterocycles. The number of Topliss-reactive ketones (excluding diaryl/α,β-unsaturated/α-hetero) is 1. The van der Waals surface area contributed by atoms with E-state index in [-0.39, 0.29) is 66.0 Å². The number of halogens is 3. The molecule has 0 aliphatic carbocycles. The van der Waals surface area contributed by atoms with Crippen molar-refractivity contribution in [1.29, 1.82) is 0 Å². The summed E-state index contributed by atoms with van der Waals surface area (Å²) in [5.74, 6) is -3.41. The van der Waals surface area contributed by atoms with Gasteiger partial charge in [0.2, 0.25) is 0 Å². The molecule has 0 atom stereocenters. The summed E-state index contributed by atoms with van der Waals surface area (Å²) in [6.07, 6.45) is -5.34. The molecular weight excluding hydrogens is 896 g/mol. The van der Waals surface area contributed by atoms with Crippen molar-refractivity contribution in [1.82, 2.24) is 4.57 Å². The van der Waals surface area contributed by atoms with Crippen LogP contribution in [0.1, 0.15) is 10.4 Å². The first kappa shape index (κ1) is 42.2. The minimum Gasteiger partial charge on any atom is -0.506 e. The second-order valence-corrected chi connectivity index (χ2v) is 15.6. The molecule has 7 aromatic carbocycles. The predicted octanol–water partition coefficient (Wildman–Crippen LogP) is 10.2. The number of para-hydroxylation sites is 3. The summed E-state index contributed by atoms with van der Waals surface area (Å²) in [5, 5.41) is 13.3. The van der Waals surface area contributed by atoms with E-state index in [0.717, 1.165) is 31.9 Å². The van der Waals surface area contributed by atoms with E-state index < -0.39 is 36.0 Å². The van der Waals surface area contributed by atoms with Crippen molar-refractivity contribution >= 4 is 56.8 Å². The van der Waals surface area contributed by atoms with Crippen molar-refractivity contribution in [2.45, 2.75) is 6.18 Å². The number of benzene rings is 7. The molecule has 1 aromatic heterocycles. The molecule has 0 amide bonds. The van der Waals surface area contributed by atoms with Gasteiger partial charge in [-0.3, -0.25) is 14.2 Å². The van der Waals surface area contributed by atoms with Crippen LogP contribution in [0.5, 0.6) is 5.75 Å². The molecule has 0 fully saturated rings. The Balaban J connectivity index is 0.000000228. The number of nitrogens with zero attached hydrogens (tertiary/aromatic N) is 2. The van der Waals surface area contributed by atoms with Gasteiger partial charge in [0.05, 0.1) is 5.52 Å². The van der Waals surface area contributed by atoms with Gasteiger partial charge in [-0.1, -0.05) is 146 Å². The molecule has 11 heteroatoms. The first-order chi connectivity index (χ1) is 27.6. The minimum atomic E-state index is -5.34. The number of fused-ring (bicyclic) bond motifs is 1. The predicted molar refractivity (Wildman–Crippen MR) is 222 cm³/mol. The van der Waals surface area contributed by atoms with Gasteiger partial charge in [-0.25, -0.2) is 0 Å². The molecule has 0 saturated carbocycles. The van der Waals surface area contributed by atoms with Crippen LogP contribution in [0.25, 0.3) is 16.6 Å². The molecule has 0 spiro atoms. The number of hydrogen-bond acceptors (Lipinski definition) is 5. The van der Waals surface area contributed by atoms with Crippen LogP contribution in [-0.4, -0.2) is 21.6 Å². The molecule has 8 rings (SSSR count). The summed E-state index contributed by atoms with van der Waals surface area (Å²) in [4.78, 5) is 27.5. The zero-order valence-corrected chi connectivity index (χ0v) is 33.9. The Labute approximate surface area is 373 Å². The fourth-order valence-electron chi connectivity index (χ4n) is 6.64. The number of anilines is 3. The summed E-state index contributed by atoms with van der Waals surface area (Å²) >= 11 is 0. The Morgan fingerprint density at radius 3 is 1.33 bits per heavy atom. The van der Waals surface area contributed by atoms with E-state index in [9.17, 15) is 32.4 Å². The van der Waals surface area contributed by atoms with Crippen LogP contribution in [0.2, 0.25) is 0 Å². The summed E-state index contributed by atoms with van der Waals surface area (Å²) in [5.41, 5.74) is -0.00682. The first-order valence-electron chi connectivity index (χ1n) is 17.8. The maximum absolute atomic E-state index is 13.8. The normalized spacial score (nSPS) is 11.2. The van der Waals surface area contributed by atoms with Crippen LogP contribution in [0.3, 0.4) is 0 Å². The van der Waals surface area contributed by atoms with Crippen LogP contribution < -0.4 is 26.4 Å². The van der Waals surface area contributed by atoms with Gasteiger partial charge in [-0.05, 0) is 54.6 Å². The van der Waals surface area contributed by atoms with Crippen molar-refractivity contribution in [3.63, 3.8) is 0 Å². The van der Waals surface area contributed by atoms with E-state index in [0.29, 0.717) is 5.69 Å². The second kappa shape index (κ2) is 18.5. The quantitative estimate of drug-likeness (QED) is 0.121. The zero-order valence-electron chi connectivity index (χ0n) is 30.6. The van der Waals surface area contributed by atoms with Crippen LogP contribution in [0.4, 0.5) is 30.2 Å². The molecule has 1 radical (unpaired) electrons. The van der Waals surface area contributed by atoms with Crippen molar-refractivity contribution in [2.24, 2.45) is 0 Å². The Bertz CT molecular complexity index is 2600. The topological polar surface area (TPSA) is 79.6 Å². The van der Waals surface area contributed by atoms with Gasteiger partial charge >= 0.3 is 6.18 Å². The number of rotatable bonds is 8. The smallest absolute Gasteiger partial charge is 0.455 e. The van der Waals surface area contributed by atoms with Crippen LogP contribution in [0, 0.1) is 49.4 Å². The van der Waals surface area contributed by atoms with Gasteiger partial charge in [0.1, 0.15) is 11.3 Å². The molecule has 289 valence electrons. The Morgan fingerprint density at radius 2 is 0.931 bits per heavy atom. The van der Waals surface area contributed by atoms with E-state index in [1.807, 2.05) is 157 Å². The van der Waals surface area contributed by atoms with Gasteiger partial charge in [0, 0.05) is 93.4 Å². The van der Waals surface area contributed by atoms with Gasteiger partial charge < -0.3 is 14.6 Å². The first-order valence-corrected chi connectivity index (χ1v) is 19.6. The second-order valence-electron chi connectivity index (χ2n) is 12.9. The number of ketones is 1. The molecule has 58 heavy (non-hydrogen) atoms. The molecule has 1 N–H and O–H groups in total. The summed E-state index contributed by atoms with van der Waals surface area (Å²) in [7, 11) is -2.78. The summed E-state index contributed by atoms with van der Waals surface area (Å²) in [6, 6.07) is 60.6. The van der Waals surface area contributed by atoms with Crippen molar-refractivity contribution in [3.8, 4) is 11.4 Å². The third-order valence-corrected chi connectivity index (χ3v) is 12.4. The number of carbonyl (C=O) groups excluding carboxylic acids is 1. The minimum absolute atomic E-state index is 0. The number of aromatic nitrogens is 1. The Morgan fingerprint density at radius 1 is 0.552 bits per heavy atom. The van der Waals surface area contributed by atoms with E-state index in [1.165, 1.54) is 6.07 Å². The molecule has 0 bridgehead atoms. The largest absolute Gasteiger partial charge is 0.506 e. The monoisotopic (exact) mass is 931 g/mol. The molecular formula is C47H34EuF3N2O4P. The molecule has 6 nitrogen and oxygen atoms in total. The van der Waals surface area contributed by atoms with Crippen molar-refractivity contribution < 1.29 is 77.0 Å². The van der Waals surface area contributed by atoms with Gasteiger partial charge in [0.15, 0.2) is 7.14 Å². The van der Waals surface area contributed by atoms with Gasteiger partial charge in [-0.15, -0.1) is 0 Å². The third-order valence-electron chi connectivity index (χ3n) is 9.28. The maximum Gasteiger partial charge on any atom is 0.455 e. The summed E-state index contributed by atoms with van der Waals surface area (Å²) in [6.45, 7) is 0. The molecule has 8 aromatic rings. The molecule has 0 unspecified atom stereocenters. The number of alkyl halides is 3. The van der Waals surface area contributed by atoms with E-state index >= 15 is 0 Å². The van der Waals surface area contributed by atoms with Gasteiger partial charge in [0.25, 0.3) is 11.3 Å². The molecule has 0 aliphatic rings. The van der Waals surface area contributed by atoms with Gasteiger partial charge in [-0.2, -0.15) is 13.2 Å². The number of hydrogen-bond donors (Lipinski definition) is 1. The molecule has 0 saturated heterocycles. The van der Waals surface area contributed by atoms with E-state index in [2.05, 4.69) is 0 Å². The molecule has 0 aliphatic heterocycles. The van der Waals surface area contributed by atoms with Crippen molar-refractivity contribution in [3.05, 3.63) is 216 Å². The summed E-state index contributed by atoms with van der Waals surface area (Å²) < 4.78 is 54.9.